The van der Waals surface area contributed by atoms with Crippen molar-refractivity contribution in [1.29, 1.82) is 0 Å². The van der Waals surface area contributed by atoms with Gasteiger partial charge < -0.3 is 18.4 Å². The van der Waals surface area contributed by atoms with Crippen LogP contribution in [-0.4, -0.2) is 19.5 Å². The van der Waals surface area contributed by atoms with Crippen LogP contribution in [0.4, 0.5) is 0 Å². The Bertz CT molecular complexity index is 3590. The number of fused-ring (bicyclic) bond motifs is 7. The quantitative estimate of drug-likeness (QED) is 0.155. The van der Waals surface area contributed by atoms with Crippen molar-refractivity contribution in [2.75, 3.05) is 0 Å². The minimum absolute atomic E-state index is 0. The second-order valence-corrected chi connectivity index (χ2v) is 18.1. The van der Waals surface area contributed by atoms with Crippen LogP contribution in [0.5, 0.6) is 0 Å². The third-order valence-corrected chi connectivity index (χ3v) is 12.0. The van der Waals surface area contributed by atoms with Gasteiger partial charge in [0.05, 0.1) is 22.4 Å². The smallest absolute Gasteiger partial charge is 0.216 e. The molecular weight excluding hydrogens is 977 g/mol. The van der Waals surface area contributed by atoms with Crippen molar-refractivity contribution in [1.82, 2.24) is 19.5 Å². The van der Waals surface area contributed by atoms with Gasteiger partial charge in [-0.15, -0.1) is 54.1 Å². The first-order valence-corrected chi connectivity index (χ1v) is 21.9. The van der Waals surface area contributed by atoms with Gasteiger partial charge in [-0.05, 0) is 106 Å². The molecular formula is C58H50IrN4O2-2. The minimum Gasteiger partial charge on any atom is -0.486 e. The van der Waals surface area contributed by atoms with E-state index in [9.17, 15) is 0 Å². The van der Waals surface area contributed by atoms with Crippen LogP contribution in [0.1, 0.15) is 86.7 Å². The van der Waals surface area contributed by atoms with E-state index in [2.05, 4.69) is 131 Å². The molecule has 0 aliphatic carbocycles. The Labute approximate surface area is 398 Å². The number of furan rings is 2. The fourth-order valence-electron chi connectivity index (χ4n) is 8.68. The van der Waals surface area contributed by atoms with E-state index >= 15 is 0 Å². The number of benzene rings is 6. The molecule has 11 rings (SSSR count). The molecule has 0 saturated heterocycles. The zero-order valence-electron chi connectivity index (χ0n) is 40.4. The van der Waals surface area contributed by atoms with Crippen molar-refractivity contribution in [3.8, 4) is 39.5 Å². The molecule has 0 aliphatic rings. The molecule has 0 unspecified atom stereocenters. The summed E-state index contributed by atoms with van der Waals surface area (Å²) in [6, 6.07) is 53.1. The number of aryl methyl sites for hydroxylation is 1. The molecule has 325 valence electrons. The van der Waals surface area contributed by atoms with Crippen molar-refractivity contribution in [3.05, 3.63) is 180 Å². The molecule has 6 aromatic carbocycles. The third-order valence-electron chi connectivity index (χ3n) is 12.0. The number of para-hydroxylation sites is 2. The maximum Gasteiger partial charge on any atom is 0.216 e. The molecule has 0 aliphatic heterocycles. The summed E-state index contributed by atoms with van der Waals surface area (Å²) in [5.41, 5.74) is 14.6. The fourth-order valence-corrected chi connectivity index (χ4v) is 8.68. The summed E-state index contributed by atoms with van der Waals surface area (Å²) >= 11 is 0. The van der Waals surface area contributed by atoms with Crippen molar-refractivity contribution >= 4 is 55.2 Å². The van der Waals surface area contributed by atoms with Gasteiger partial charge in [-0.1, -0.05) is 120 Å². The molecule has 0 fully saturated rings. The van der Waals surface area contributed by atoms with E-state index in [4.69, 9.17) is 22.9 Å². The molecule has 7 heteroatoms. The van der Waals surface area contributed by atoms with Crippen LogP contribution in [-0.2, 0) is 25.5 Å². The van der Waals surface area contributed by atoms with Gasteiger partial charge in [-0.2, -0.15) is 0 Å². The topological polar surface area (TPSA) is 69.9 Å². The van der Waals surface area contributed by atoms with Gasteiger partial charge in [0, 0.05) is 46.9 Å². The minimum atomic E-state index is -2.33. The van der Waals surface area contributed by atoms with Gasteiger partial charge in [-0.3, -0.25) is 4.98 Å². The maximum atomic E-state index is 8.15. The van der Waals surface area contributed by atoms with Crippen molar-refractivity contribution in [2.45, 2.75) is 72.6 Å². The molecule has 0 amide bonds. The summed E-state index contributed by atoms with van der Waals surface area (Å²) in [6.07, 6.45) is 1.87. The molecule has 0 bridgehead atoms. The van der Waals surface area contributed by atoms with Crippen molar-refractivity contribution < 1.29 is 33.1 Å². The van der Waals surface area contributed by atoms with Crippen molar-refractivity contribution in [2.24, 2.45) is 0 Å². The van der Waals surface area contributed by atoms with E-state index < -0.39 is 6.85 Å². The Hall–Kier alpha value is -6.66. The predicted octanol–water partition coefficient (Wildman–Crippen LogP) is 15.8. The molecule has 0 atom stereocenters. The van der Waals surface area contributed by atoms with E-state index in [1.165, 1.54) is 27.8 Å². The van der Waals surface area contributed by atoms with Gasteiger partial charge in [0.2, 0.25) is 5.71 Å². The molecule has 0 saturated carbocycles. The monoisotopic (exact) mass is 1030 g/mol. The number of hydrogen-bond acceptors (Lipinski definition) is 5. The van der Waals surface area contributed by atoms with Crippen LogP contribution < -0.4 is 0 Å². The van der Waals surface area contributed by atoms with Crippen LogP contribution in [0.3, 0.4) is 0 Å². The normalized spacial score (nSPS) is 12.7. The van der Waals surface area contributed by atoms with E-state index in [1.807, 2.05) is 66.9 Å². The van der Waals surface area contributed by atoms with E-state index in [0.29, 0.717) is 38.9 Å². The Morgan fingerprint density at radius 2 is 1.43 bits per heavy atom. The number of pyridine rings is 2. The van der Waals surface area contributed by atoms with E-state index in [-0.39, 0.29) is 42.9 Å². The molecule has 11 aromatic rings. The SMILES string of the molecule is CC(C)(C)c1ccnc(-c2[c-]cccc2)c1.[2H]C([2H])([2H])c1cccc2oc3cc4c(nc3c12)oc1c(-c2nc3ccccc3n2-c2c(C(C)C)cc(-c3ccccc3)cc2C(C)C)[c-]ccc14.[Ir]. The van der Waals surface area contributed by atoms with Crippen LogP contribution in [0, 0.1) is 19.0 Å². The van der Waals surface area contributed by atoms with Gasteiger partial charge in [-0.25, -0.2) is 4.98 Å². The number of nitrogens with zero attached hydrogens (tertiary/aromatic N) is 4. The largest absolute Gasteiger partial charge is 0.486 e. The molecule has 6 nitrogen and oxygen atoms in total. The molecule has 0 N–H and O–H groups in total. The van der Waals surface area contributed by atoms with Gasteiger partial charge in [0.1, 0.15) is 11.1 Å². The van der Waals surface area contributed by atoms with Crippen LogP contribution >= 0.6 is 0 Å². The first-order valence-electron chi connectivity index (χ1n) is 23.4. The second-order valence-electron chi connectivity index (χ2n) is 18.1. The molecule has 5 aromatic heterocycles. The summed E-state index contributed by atoms with van der Waals surface area (Å²) in [5, 5.41) is 2.09. The summed E-state index contributed by atoms with van der Waals surface area (Å²) in [4.78, 5) is 14.5. The summed E-state index contributed by atoms with van der Waals surface area (Å²) in [6.45, 7) is 13.3. The third kappa shape index (κ3) is 7.98. The Balaban J connectivity index is 0.000000289. The first kappa shape index (κ1) is 39.9. The van der Waals surface area contributed by atoms with Crippen LogP contribution in [0.15, 0.2) is 155 Å². The number of rotatable bonds is 6. The Kier molecular flexibility index (Phi) is 10.7. The Morgan fingerprint density at radius 3 is 2.15 bits per heavy atom. The molecule has 0 spiro atoms. The Morgan fingerprint density at radius 1 is 0.677 bits per heavy atom. The first-order chi connectivity index (χ1) is 32.2. The van der Waals surface area contributed by atoms with E-state index in [0.717, 1.165) is 44.6 Å². The number of hydrogen-bond donors (Lipinski definition) is 0. The van der Waals surface area contributed by atoms with Crippen molar-refractivity contribution in [3.63, 3.8) is 0 Å². The molecule has 65 heavy (non-hydrogen) atoms. The van der Waals surface area contributed by atoms with Gasteiger partial charge >= 0.3 is 0 Å². The summed E-state index contributed by atoms with van der Waals surface area (Å²) < 4.78 is 39.5. The standard InChI is InChI=1S/C43H34N3O2.C15H16N.Ir/c1-24(2)31-21-28(27-14-7-6-8-15-27)22-32(25(3)4)40(31)46-35-19-10-9-18-34(35)44-42(46)30-17-12-16-29-33-23-37-39(45-43(33)48-41(29)30)38-26(5)13-11-20-36(38)47-37;1-15(2,3)13-9-10-16-14(11-13)12-7-5-4-6-8-12;/h6-16,18-25H,1-5H3;4-7,9-11H,1-3H3;/q2*-1;/i5D3;;. The van der Waals surface area contributed by atoms with Gasteiger partial charge in [0.15, 0.2) is 5.58 Å². The average molecular weight is 1030 g/mol. The van der Waals surface area contributed by atoms with Crippen LogP contribution in [0.25, 0.3) is 94.6 Å². The average Bonchev–Trinajstić information content (AvgIpc) is 4.01. The summed E-state index contributed by atoms with van der Waals surface area (Å²) in [7, 11) is 0. The zero-order valence-corrected chi connectivity index (χ0v) is 39.8. The maximum absolute atomic E-state index is 8.15. The van der Waals surface area contributed by atoms with E-state index in [1.54, 1.807) is 18.2 Å². The number of imidazole rings is 1. The predicted molar refractivity (Wildman–Crippen MR) is 263 cm³/mol. The van der Waals surface area contributed by atoms with Gasteiger partial charge in [0.25, 0.3) is 0 Å². The molecule has 5 heterocycles. The van der Waals surface area contributed by atoms with Crippen LogP contribution in [0.2, 0.25) is 0 Å². The zero-order chi connectivity index (χ0) is 46.8. The second kappa shape index (κ2) is 17.4. The fraction of sp³-hybridized carbons (Fsp3) is 0.190. The summed E-state index contributed by atoms with van der Waals surface area (Å²) in [5.74, 6) is 1.15. The number of aromatic nitrogens is 4. The molecule has 1 radical (unpaired) electrons.